The molecule has 3 fully saturated rings. The van der Waals surface area contributed by atoms with Crippen molar-refractivity contribution in [2.24, 2.45) is 11.8 Å². The van der Waals surface area contributed by atoms with E-state index in [1.54, 1.807) is 0 Å². The van der Waals surface area contributed by atoms with Gasteiger partial charge in [0.25, 0.3) is 5.91 Å². The van der Waals surface area contributed by atoms with Gasteiger partial charge in [-0.2, -0.15) is 0 Å². The Balaban J connectivity index is 1.16. The first-order valence-electron chi connectivity index (χ1n) is 10.6. The van der Waals surface area contributed by atoms with Crippen molar-refractivity contribution in [3.8, 4) is 5.75 Å². The number of fused-ring (bicyclic) bond motifs is 1. The smallest absolute Gasteiger partial charge is 0.251 e. The quantitative estimate of drug-likeness (QED) is 0.787. The molecule has 2 aromatic rings. The highest BCUT2D eigenvalue weighted by Gasteiger charge is 2.62. The average molecular weight is 392 g/mol. The lowest BCUT2D eigenvalue weighted by molar-refractivity contribution is 0.00197. The predicted molar refractivity (Wildman–Crippen MR) is 111 cm³/mol. The summed E-state index contributed by atoms with van der Waals surface area (Å²) in [5.74, 6) is 1.82. The van der Waals surface area contributed by atoms with E-state index in [1.165, 1.54) is 0 Å². The van der Waals surface area contributed by atoms with Gasteiger partial charge in [-0.1, -0.05) is 36.4 Å². The average Bonchev–Trinajstić information content (AvgIpc) is 3.42. The molecule has 5 rings (SSSR count). The van der Waals surface area contributed by atoms with Crippen molar-refractivity contribution in [2.45, 2.75) is 24.5 Å². The van der Waals surface area contributed by atoms with Gasteiger partial charge in [-0.3, -0.25) is 9.69 Å². The number of carbonyl (C=O) groups excluding carboxylic acids is 1. The number of carbonyl (C=O) groups is 1. The normalized spacial score (nSPS) is 30.3. The summed E-state index contributed by atoms with van der Waals surface area (Å²) in [6.07, 6.45) is 2.54. The van der Waals surface area contributed by atoms with Gasteiger partial charge in [0.15, 0.2) is 0 Å². The number of ether oxygens (including phenoxy) is 2. The third-order valence-electron chi connectivity index (χ3n) is 6.81. The molecular formula is C24H28N2O3. The molecule has 1 spiro atoms. The van der Waals surface area contributed by atoms with Crippen molar-refractivity contribution in [1.82, 2.24) is 10.2 Å². The highest BCUT2D eigenvalue weighted by molar-refractivity contribution is 5.94. The largest absolute Gasteiger partial charge is 0.492 e. The first-order valence-corrected chi connectivity index (χ1v) is 10.6. The van der Waals surface area contributed by atoms with E-state index in [1.807, 2.05) is 60.7 Å². The molecule has 4 atom stereocenters. The Labute approximate surface area is 172 Å². The Bertz CT molecular complexity index is 844. The summed E-state index contributed by atoms with van der Waals surface area (Å²) < 4.78 is 12.4. The van der Waals surface area contributed by atoms with E-state index in [0.717, 1.165) is 43.8 Å². The maximum atomic E-state index is 12.5. The van der Waals surface area contributed by atoms with Gasteiger partial charge in [0.2, 0.25) is 0 Å². The second-order valence-electron chi connectivity index (χ2n) is 8.50. The van der Waals surface area contributed by atoms with Gasteiger partial charge < -0.3 is 14.8 Å². The Kier molecular flexibility index (Phi) is 5.02. The zero-order chi connectivity index (χ0) is 19.7. The van der Waals surface area contributed by atoms with E-state index in [9.17, 15) is 4.79 Å². The van der Waals surface area contributed by atoms with Crippen molar-refractivity contribution in [3.63, 3.8) is 0 Å². The molecule has 3 aliphatic rings. The third kappa shape index (κ3) is 3.65. The van der Waals surface area contributed by atoms with E-state index in [4.69, 9.17) is 9.47 Å². The standard InChI is InChI=1S/C24H28N2O3/c27-23(18-7-3-1-4-8-18)25-15-20-21-16-26(17-24(21)12-11-22(20)29-24)13-14-28-19-9-5-2-6-10-19/h1-10,20-22H,11-17H2,(H,25,27)/t20-,21+,22+,24+/m0/s1. The molecule has 5 nitrogen and oxygen atoms in total. The lowest BCUT2D eigenvalue weighted by atomic mass is 9.73. The molecule has 3 heterocycles. The van der Waals surface area contributed by atoms with E-state index >= 15 is 0 Å². The summed E-state index contributed by atoms with van der Waals surface area (Å²) in [7, 11) is 0. The summed E-state index contributed by atoms with van der Waals surface area (Å²) in [6.45, 7) is 4.30. The van der Waals surface area contributed by atoms with Crippen LogP contribution in [-0.2, 0) is 4.74 Å². The van der Waals surface area contributed by atoms with Crippen LogP contribution in [0.25, 0.3) is 0 Å². The summed E-state index contributed by atoms with van der Waals surface area (Å²) >= 11 is 0. The fourth-order valence-electron chi connectivity index (χ4n) is 5.44. The van der Waals surface area contributed by atoms with Crippen molar-refractivity contribution < 1.29 is 14.3 Å². The van der Waals surface area contributed by atoms with Gasteiger partial charge in [0.05, 0.1) is 11.7 Å². The minimum Gasteiger partial charge on any atom is -0.492 e. The number of hydrogen-bond donors (Lipinski definition) is 1. The molecule has 152 valence electrons. The van der Waals surface area contributed by atoms with E-state index in [-0.39, 0.29) is 11.5 Å². The maximum Gasteiger partial charge on any atom is 0.251 e. The molecule has 0 aliphatic carbocycles. The molecule has 29 heavy (non-hydrogen) atoms. The van der Waals surface area contributed by atoms with Crippen LogP contribution in [0.2, 0.25) is 0 Å². The zero-order valence-corrected chi connectivity index (χ0v) is 16.6. The van der Waals surface area contributed by atoms with Crippen LogP contribution < -0.4 is 10.1 Å². The summed E-state index contributed by atoms with van der Waals surface area (Å²) in [5, 5.41) is 3.15. The van der Waals surface area contributed by atoms with Crippen LogP contribution in [0.3, 0.4) is 0 Å². The van der Waals surface area contributed by atoms with Crippen LogP contribution in [0.1, 0.15) is 23.2 Å². The minimum absolute atomic E-state index is 0.00791. The second kappa shape index (κ2) is 7.81. The van der Waals surface area contributed by atoms with Crippen LogP contribution in [-0.4, -0.2) is 55.3 Å². The van der Waals surface area contributed by atoms with Crippen molar-refractivity contribution >= 4 is 5.91 Å². The minimum atomic E-state index is -0.0143. The Morgan fingerprint density at radius 3 is 2.69 bits per heavy atom. The number of likely N-dealkylation sites (tertiary alicyclic amines) is 1. The van der Waals surface area contributed by atoms with Gasteiger partial charge in [0, 0.05) is 43.6 Å². The Hall–Kier alpha value is -2.37. The van der Waals surface area contributed by atoms with Crippen LogP contribution in [0.4, 0.5) is 0 Å². The van der Waals surface area contributed by atoms with Crippen LogP contribution in [0.5, 0.6) is 5.75 Å². The lowest BCUT2D eigenvalue weighted by Crippen LogP contribution is -2.41. The number of amides is 1. The monoisotopic (exact) mass is 392 g/mol. The molecule has 5 heteroatoms. The summed E-state index contributed by atoms with van der Waals surface area (Å²) in [6, 6.07) is 19.4. The van der Waals surface area contributed by atoms with Crippen molar-refractivity contribution in [3.05, 3.63) is 66.2 Å². The molecule has 0 radical (unpaired) electrons. The third-order valence-corrected chi connectivity index (χ3v) is 6.81. The molecular weight excluding hydrogens is 364 g/mol. The van der Waals surface area contributed by atoms with Crippen LogP contribution >= 0.6 is 0 Å². The van der Waals surface area contributed by atoms with Gasteiger partial charge in [-0.25, -0.2) is 0 Å². The fraction of sp³-hybridized carbons (Fsp3) is 0.458. The molecule has 2 bridgehead atoms. The molecule has 3 saturated heterocycles. The van der Waals surface area contributed by atoms with Crippen LogP contribution in [0, 0.1) is 11.8 Å². The van der Waals surface area contributed by atoms with E-state index in [2.05, 4.69) is 10.2 Å². The Morgan fingerprint density at radius 1 is 1.14 bits per heavy atom. The molecule has 0 saturated carbocycles. The van der Waals surface area contributed by atoms with E-state index in [0.29, 0.717) is 31.1 Å². The highest BCUT2D eigenvalue weighted by Crippen LogP contribution is 2.54. The van der Waals surface area contributed by atoms with Gasteiger partial charge in [-0.05, 0) is 37.1 Å². The number of hydrogen-bond acceptors (Lipinski definition) is 4. The number of para-hydroxylation sites is 1. The van der Waals surface area contributed by atoms with Gasteiger partial charge in [0.1, 0.15) is 12.4 Å². The van der Waals surface area contributed by atoms with E-state index < -0.39 is 0 Å². The lowest BCUT2D eigenvalue weighted by Gasteiger charge is -2.29. The van der Waals surface area contributed by atoms with Gasteiger partial charge >= 0.3 is 0 Å². The number of nitrogens with one attached hydrogen (secondary N) is 1. The second-order valence-corrected chi connectivity index (χ2v) is 8.50. The first kappa shape index (κ1) is 18.6. The topological polar surface area (TPSA) is 50.8 Å². The van der Waals surface area contributed by atoms with Gasteiger partial charge in [-0.15, -0.1) is 0 Å². The number of benzene rings is 2. The zero-order valence-electron chi connectivity index (χ0n) is 16.6. The number of rotatable bonds is 7. The van der Waals surface area contributed by atoms with Crippen LogP contribution in [0.15, 0.2) is 60.7 Å². The molecule has 1 N–H and O–H groups in total. The summed E-state index contributed by atoms with van der Waals surface area (Å²) in [5.41, 5.74) is 0.705. The first-order chi connectivity index (χ1) is 14.2. The predicted octanol–water partition coefficient (Wildman–Crippen LogP) is 2.97. The maximum absolute atomic E-state index is 12.5. The fourth-order valence-corrected chi connectivity index (χ4v) is 5.44. The molecule has 3 aliphatic heterocycles. The Morgan fingerprint density at radius 2 is 1.90 bits per heavy atom. The summed E-state index contributed by atoms with van der Waals surface area (Å²) in [4.78, 5) is 14.9. The number of nitrogens with zero attached hydrogens (tertiary/aromatic N) is 1. The highest BCUT2D eigenvalue weighted by atomic mass is 16.5. The van der Waals surface area contributed by atoms with Crippen molar-refractivity contribution in [1.29, 1.82) is 0 Å². The molecule has 0 aromatic heterocycles. The SMILES string of the molecule is O=C(NC[C@H]1[C@H]2CN(CCOc3ccccc3)C[C@]23CC[C@H]1O3)c1ccccc1. The molecule has 0 unspecified atom stereocenters. The van der Waals surface area contributed by atoms with Crippen molar-refractivity contribution in [2.75, 3.05) is 32.8 Å². The molecule has 1 amide bonds. The molecule has 2 aromatic carbocycles.